The normalized spacial score (nSPS) is 11.7. The van der Waals surface area contributed by atoms with Crippen molar-refractivity contribution >= 4 is 15.7 Å². The molecule has 5 nitrogen and oxygen atoms in total. The van der Waals surface area contributed by atoms with Gasteiger partial charge >= 0.3 is 0 Å². The first kappa shape index (κ1) is 15.5. The Hall–Kier alpha value is -1.93. The van der Waals surface area contributed by atoms with Crippen molar-refractivity contribution in [1.29, 1.82) is 0 Å². The van der Waals surface area contributed by atoms with E-state index in [-0.39, 0.29) is 17.0 Å². The zero-order chi connectivity index (χ0) is 15.8. The van der Waals surface area contributed by atoms with Crippen LogP contribution in [-0.4, -0.2) is 13.0 Å². The van der Waals surface area contributed by atoms with Gasteiger partial charge in [0.15, 0.2) is 0 Å². The van der Waals surface area contributed by atoms with Crippen LogP contribution in [0.4, 0.5) is 14.5 Å². The van der Waals surface area contributed by atoms with Crippen molar-refractivity contribution < 1.29 is 17.2 Å². The highest BCUT2D eigenvalue weighted by Crippen LogP contribution is 2.23. The lowest BCUT2D eigenvalue weighted by atomic mass is 10.2. The summed E-state index contributed by atoms with van der Waals surface area (Å²) in [5.74, 6) is -1.53. The summed E-state index contributed by atoms with van der Waals surface area (Å²) >= 11 is 0. The van der Waals surface area contributed by atoms with E-state index < -0.39 is 27.3 Å². The molecule has 1 heterocycles. The second kappa shape index (κ2) is 5.45. The maximum atomic E-state index is 13.7. The predicted molar refractivity (Wildman–Crippen MR) is 75.2 cm³/mol. The number of sulfonamides is 1. The Morgan fingerprint density at radius 2 is 1.90 bits per heavy atom. The molecular weight excluding hydrogens is 300 g/mol. The van der Waals surface area contributed by atoms with Gasteiger partial charge in [-0.1, -0.05) is 0 Å². The summed E-state index contributed by atoms with van der Waals surface area (Å²) in [6.45, 7) is 1.56. The van der Waals surface area contributed by atoms with E-state index in [1.807, 2.05) is 4.72 Å². The van der Waals surface area contributed by atoms with Gasteiger partial charge in [0, 0.05) is 31.5 Å². The van der Waals surface area contributed by atoms with Gasteiger partial charge < -0.3 is 10.3 Å². The van der Waals surface area contributed by atoms with Crippen molar-refractivity contribution in [2.75, 3.05) is 4.72 Å². The van der Waals surface area contributed by atoms with Gasteiger partial charge in [0.25, 0.3) is 10.0 Å². The molecule has 0 saturated carbocycles. The molecule has 0 unspecified atom stereocenters. The predicted octanol–water partition coefficient (Wildman–Crippen LogP) is 1.87. The minimum Gasteiger partial charge on any atom is -0.352 e. The lowest BCUT2D eigenvalue weighted by Crippen LogP contribution is -2.14. The fraction of sp³-hybridized carbons (Fsp3) is 0.231. The number of aryl methyl sites for hydroxylation is 2. The topological polar surface area (TPSA) is 77.1 Å². The Bertz CT molecular complexity index is 785. The highest BCUT2D eigenvalue weighted by atomic mass is 32.2. The Kier molecular flexibility index (Phi) is 4.02. The first-order valence-corrected chi connectivity index (χ1v) is 7.56. The fourth-order valence-corrected chi connectivity index (χ4v) is 3.01. The summed E-state index contributed by atoms with van der Waals surface area (Å²) in [6.07, 6.45) is 1.35. The molecule has 3 N–H and O–H groups in total. The molecule has 2 aromatic rings. The summed E-state index contributed by atoms with van der Waals surface area (Å²) < 4.78 is 55.1. The van der Waals surface area contributed by atoms with Gasteiger partial charge in [-0.2, -0.15) is 0 Å². The number of nitrogens with zero attached hydrogens (tertiary/aromatic N) is 1. The molecule has 0 amide bonds. The molecule has 0 fully saturated rings. The van der Waals surface area contributed by atoms with E-state index in [0.29, 0.717) is 5.69 Å². The minimum absolute atomic E-state index is 0.0640. The SMILES string of the molecule is Cc1cc(F)c(NS(=O)(=O)c2cc(CN)n(C)c2)cc1F. The maximum Gasteiger partial charge on any atom is 0.263 e. The van der Waals surface area contributed by atoms with Crippen molar-refractivity contribution in [1.82, 2.24) is 4.57 Å². The zero-order valence-corrected chi connectivity index (χ0v) is 12.3. The van der Waals surface area contributed by atoms with Gasteiger partial charge in [-0.25, -0.2) is 17.2 Å². The van der Waals surface area contributed by atoms with Crippen LogP contribution in [0.1, 0.15) is 11.3 Å². The molecule has 0 radical (unpaired) electrons. The van der Waals surface area contributed by atoms with Crippen molar-refractivity contribution in [2.45, 2.75) is 18.4 Å². The van der Waals surface area contributed by atoms with Crippen LogP contribution < -0.4 is 10.5 Å². The Balaban J connectivity index is 2.39. The molecule has 114 valence electrons. The average Bonchev–Trinajstić information content (AvgIpc) is 2.78. The average molecular weight is 315 g/mol. The highest BCUT2D eigenvalue weighted by Gasteiger charge is 2.20. The number of hydrogen-bond acceptors (Lipinski definition) is 3. The van der Waals surface area contributed by atoms with Gasteiger partial charge in [0.2, 0.25) is 0 Å². The van der Waals surface area contributed by atoms with Crippen LogP contribution in [0.3, 0.4) is 0 Å². The van der Waals surface area contributed by atoms with E-state index in [4.69, 9.17) is 5.73 Å². The summed E-state index contributed by atoms with van der Waals surface area (Å²) in [4.78, 5) is -0.0640. The first-order chi connectivity index (χ1) is 9.74. The van der Waals surface area contributed by atoms with Crippen LogP contribution >= 0.6 is 0 Å². The number of benzene rings is 1. The number of rotatable bonds is 4. The van der Waals surface area contributed by atoms with Crippen LogP contribution in [-0.2, 0) is 23.6 Å². The number of anilines is 1. The van der Waals surface area contributed by atoms with Gasteiger partial charge in [-0.3, -0.25) is 4.72 Å². The van der Waals surface area contributed by atoms with E-state index in [1.165, 1.54) is 19.2 Å². The number of hydrogen-bond donors (Lipinski definition) is 2. The number of halogens is 2. The van der Waals surface area contributed by atoms with E-state index >= 15 is 0 Å². The van der Waals surface area contributed by atoms with Crippen LogP contribution in [0.5, 0.6) is 0 Å². The molecule has 0 aliphatic heterocycles. The molecule has 0 bridgehead atoms. The summed E-state index contributed by atoms with van der Waals surface area (Å²) in [5, 5.41) is 0. The number of aromatic nitrogens is 1. The third-order valence-electron chi connectivity index (χ3n) is 3.09. The van der Waals surface area contributed by atoms with E-state index in [9.17, 15) is 17.2 Å². The van der Waals surface area contributed by atoms with E-state index in [2.05, 4.69) is 0 Å². The molecule has 0 atom stereocenters. The van der Waals surface area contributed by atoms with Gasteiger partial charge in [-0.15, -0.1) is 0 Å². The zero-order valence-electron chi connectivity index (χ0n) is 11.5. The molecule has 0 aliphatic carbocycles. The number of nitrogens with one attached hydrogen (secondary N) is 1. The molecule has 1 aromatic heterocycles. The molecule has 2 rings (SSSR count). The summed E-state index contributed by atoms with van der Waals surface area (Å²) in [7, 11) is -2.36. The monoisotopic (exact) mass is 315 g/mol. The van der Waals surface area contributed by atoms with Crippen LogP contribution in [0.15, 0.2) is 29.3 Å². The molecule has 0 spiro atoms. The lowest BCUT2D eigenvalue weighted by molar-refractivity contribution is 0.590. The third-order valence-corrected chi connectivity index (χ3v) is 4.43. The van der Waals surface area contributed by atoms with Crippen molar-refractivity contribution in [2.24, 2.45) is 12.8 Å². The molecule has 1 aromatic carbocycles. The molecular formula is C13H15F2N3O2S. The van der Waals surface area contributed by atoms with Crippen molar-refractivity contribution in [3.05, 3.63) is 47.3 Å². The third kappa shape index (κ3) is 3.06. The fourth-order valence-electron chi connectivity index (χ4n) is 1.86. The number of nitrogens with two attached hydrogens (primary N) is 1. The molecule has 0 saturated heterocycles. The van der Waals surface area contributed by atoms with Crippen LogP contribution in [0.2, 0.25) is 0 Å². The van der Waals surface area contributed by atoms with Gasteiger partial charge in [0.1, 0.15) is 16.5 Å². The second-order valence-electron chi connectivity index (χ2n) is 4.67. The Labute approximate surface area is 121 Å². The van der Waals surface area contributed by atoms with Gasteiger partial charge in [-0.05, 0) is 24.6 Å². The maximum absolute atomic E-state index is 13.7. The van der Waals surface area contributed by atoms with Crippen LogP contribution in [0.25, 0.3) is 0 Å². The Morgan fingerprint density at radius 1 is 1.24 bits per heavy atom. The largest absolute Gasteiger partial charge is 0.352 e. The lowest BCUT2D eigenvalue weighted by Gasteiger charge is -2.08. The van der Waals surface area contributed by atoms with Crippen molar-refractivity contribution in [3.8, 4) is 0 Å². The highest BCUT2D eigenvalue weighted by molar-refractivity contribution is 7.92. The molecule has 8 heteroatoms. The molecule has 21 heavy (non-hydrogen) atoms. The smallest absolute Gasteiger partial charge is 0.263 e. The second-order valence-corrected chi connectivity index (χ2v) is 6.35. The van der Waals surface area contributed by atoms with Gasteiger partial charge in [0.05, 0.1) is 5.69 Å². The van der Waals surface area contributed by atoms with Crippen LogP contribution in [0, 0.1) is 18.6 Å². The Morgan fingerprint density at radius 3 is 2.48 bits per heavy atom. The minimum atomic E-state index is -4.01. The van der Waals surface area contributed by atoms with Crippen molar-refractivity contribution in [3.63, 3.8) is 0 Å². The standard InChI is InChI=1S/C13H15F2N3O2S/c1-8-3-12(15)13(5-11(8)14)17-21(19,20)10-4-9(6-16)18(2)7-10/h3-5,7,17H,6,16H2,1-2H3. The van der Waals surface area contributed by atoms with E-state index in [1.54, 1.807) is 11.6 Å². The molecule has 0 aliphatic rings. The van der Waals surface area contributed by atoms with E-state index in [0.717, 1.165) is 12.1 Å². The summed E-state index contributed by atoms with van der Waals surface area (Å²) in [5.41, 5.74) is 5.74. The quantitative estimate of drug-likeness (QED) is 0.904. The first-order valence-electron chi connectivity index (χ1n) is 6.08. The summed E-state index contributed by atoms with van der Waals surface area (Å²) in [6, 6.07) is 3.13.